The van der Waals surface area contributed by atoms with Crippen molar-refractivity contribution in [2.75, 3.05) is 21.3 Å². The molecule has 4 rings (SSSR count). The molecule has 0 radical (unpaired) electrons. The molecule has 166 valence electrons. The molecule has 0 bridgehead atoms. The summed E-state index contributed by atoms with van der Waals surface area (Å²) in [6, 6.07) is 20.5. The minimum absolute atomic E-state index is 0.102. The molecule has 1 aliphatic rings. The number of nitrogens with zero attached hydrogens (tertiary/aromatic N) is 1. The smallest absolute Gasteiger partial charge is 0.267 e. The third kappa shape index (κ3) is 4.12. The molecule has 0 saturated carbocycles. The molecule has 1 fully saturated rings. The second-order valence-electron chi connectivity index (χ2n) is 7.31. The lowest BCUT2D eigenvalue weighted by Crippen LogP contribution is -2.60. The standard InChI is InChI=1S/C25H24BrNO5/c1-29-17-13-20(30-2)22(21(14-17)31-3)23-24(32-19-12-8-7-11-18(19)26)25(28)27(23)15-16-9-5-4-6-10-16/h4-14,23-24H,15H2,1-3H3/t23-,24+/m0/s1. The van der Waals surface area contributed by atoms with Gasteiger partial charge in [0.1, 0.15) is 29.0 Å². The summed E-state index contributed by atoms with van der Waals surface area (Å²) in [7, 11) is 4.76. The minimum Gasteiger partial charge on any atom is -0.496 e. The van der Waals surface area contributed by atoms with Crippen LogP contribution < -0.4 is 18.9 Å². The van der Waals surface area contributed by atoms with Crippen molar-refractivity contribution in [3.05, 3.63) is 82.3 Å². The topological polar surface area (TPSA) is 57.2 Å². The molecule has 7 heteroatoms. The van der Waals surface area contributed by atoms with E-state index in [0.29, 0.717) is 29.5 Å². The van der Waals surface area contributed by atoms with E-state index in [-0.39, 0.29) is 5.91 Å². The van der Waals surface area contributed by atoms with E-state index in [4.69, 9.17) is 18.9 Å². The molecule has 3 aromatic carbocycles. The van der Waals surface area contributed by atoms with E-state index in [1.807, 2.05) is 54.6 Å². The number of ether oxygens (including phenoxy) is 4. The lowest BCUT2D eigenvalue weighted by Gasteiger charge is -2.47. The first-order chi connectivity index (χ1) is 15.6. The molecule has 1 saturated heterocycles. The lowest BCUT2D eigenvalue weighted by atomic mass is 9.88. The Hall–Kier alpha value is -3.19. The molecule has 1 heterocycles. The second kappa shape index (κ2) is 9.53. The summed E-state index contributed by atoms with van der Waals surface area (Å²) in [5.74, 6) is 2.23. The van der Waals surface area contributed by atoms with Crippen LogP contribution in [0, 0.1) is 0 Å². The van der Waals surface area contributed by atoms with Gasteiger partial charge in [-0.15, -0.1) is 0 Å². The first kappa shape index (κ1) is 22.0. The summed E-state index contributed by atoms with van der Waals surface area (Å²) in [6.07, 6.45) is -0.728. The van der Waals surface area contributed by atoms with Gasteiger partial charge < -0.3 is 23.8 Å². The predicted octanol–water partition coefficient (Wildman–Crippen LogP) is 5.01. The average molecular weight is 498 g/mol. The van der Waals surface area contributed by atoms with Gasteiger partial charge >= 0.3 is 0 Å². The Morgan fingerprint density at radius 1 is 0.844 bits per heavy atom. The number of amides is 1. The van der Waals surface area contributed by atoms with Crippen molar-refractivity contribution in [3.63, 3.8) is 0 Å². The largest absolute Gasteiger partial charge is 0.496 e. The normalized spacial score (nSPS) is 17.5. The number of hydrogen-bond donors (Lipinski definition) is 0. The molecule has 1 amide bonds. The van der Waals surface area contributed by atoms with Gasteiger partial charge in [0.05, 0.1) is 31.4 Å². The summed E-state index contributed by atoms with van der Waals surface area (Å²) < 4.78 is 23.7. The Bertz CT molecular complexity index is 1080. The second-order valence-corrected chi connectivity index (χ2v) is 8.17. The maximum atomic E-state index is 13.3. The number of rotatable bonds is 8. The molecule has 0 aromatic heterocycles. The van der Waals surface area contributed by atoms with Gasteiger partial charge in [-0.1, -0.05) is 42.5 Å². The number of halogens is 1. The summed E-state index contributed by atoms with van der Waals surface area (Å²) in [6.45, 7) is 0.443. The van der Waals surface area contributed by atoms with Crippen molar-refractivity contribution in [1.82, 2.24) is 4.90 Å². The number of β-lactam (4-membered cyclic amide) rings is 1. The highest BCUT2D eigenvalue weighted by molar-refractivity contribution is 9.10. The number of carbonyl (C=O) groups excluding carboxylic acids is 1. The van der Waals surface area contributed by atoms with E-state index in [2.05, 4.69) is 15.9 Å². The van der Waals surface area contributed by atoms with Crippen molar-refractivity contribution in [3.8, 4) is 23.0 Å². The fourth-order valence-corrected chi connectivity index (χ4v) is 4.27. The molecule has 32 heavy (non-hydrogen) atoms. The number of carbonyl (C=O) groups is 1. The Morgan fingerprint density at radius 3 is 2.06 bits per heavy atom. The van der Waals surface area contributed by atoms with E-state index < -0.39 is 12.1 Å². The van der Waals surface area contributed by atoms with E-state index in [1.54, 1.807) is 38.4 Å². The SMILES string of the molecule is COc1cc(OC)c([C@H]2[C@@H](Oc3ccccc3Br)C(=O)N2Cc2ccccc2)c(OC)c1. The highest BCUT2D eigenvalue weighted by Crippen LogP contribution is 2.48. The summed E-state index contributed by atoms with van der Waals surface area (Å²) in [5.41, 5.74) is 1.76. The van der Waals surface area contributed by atoms with E-state index in [9.17, 15) is 4.79 Å². The van der Waals surface area contributed by atoms with Crippen LogP contribution in [0.2, 0.25) is 0 Å². The van der Waals surface area contributed by atoms with Crippen molar-refractivity contribution >= 4 is 21.8 Å². The van der Waals surface area contributed by atoms with Crippen LogP contribution in [-0.2, 0) is 11.3 Å². The van der Waals surface area contributed by atoms with Gasteiger partial charge in [-0.05, 0) is 33.6 Å². The van der Waals surface area contributed by atoms with Crippen LogP contribution in [0.5, 0.6) is 23.0 Å². The minimum atomic E-state index is -0.728. The van der Waals surface area contributed by atoms with Gasteiger partial charge in [-0.3, -0.25) is 4.79 Å². The van der Waals surface area contributed by atoms with Crippen molar-refractivity contribution < 1.29 is 23.7 Å². The van der Waals surface area contributed by atoms with Gasteiger partial charge in [0.2, 0.25) is 6.10 Å². The summed E-state index contributed by atoms with van der Waals surface area (Å²) in [5, 5.41) is 0. The molecular weight excluding hydrogens is 474 g/mol. The van der Waals surface area contributed by atoms with Gasteiger partial charge in [-0.25, -0.2) is 0 Å². The summed E-state index contributed by atoms with van der Waals surface area (Å²) in [4.78, 5) is 15.0. The van der Waals surface area contributed by atoms with Crippen LogP contribution >= 0.6 is 15.9 Å². The van der Waals surface area contributed by atoms with Gasteiger partial charge in [0.15, 0.2) is 0 Å². The Labute approximate surface area is 195 Å². The van der Waals surface area contributed by atoms with Crippen LogP contribution in [0.1, 0.15) is 17.2 Å². The molecule has 1 aliphatic heterocycles. The molecule has 3 aromatic rings. The number of methoxy groups -OCH3 is 3. The average Bonchev–Trinajstić information content (AvgIpc) is 2.84. The van der Waals surface area contributed by atoms with Crippen LogP contribution in [-0.4, -0.2) is 38.2 Å². The van der Waals surface area contributed by atoms with E-state index in [1.165, 1.54) is 0 Å². The highest BCUT2D eigenvalue weighted by Gasteiger charge is 2.52. The number of benzene rings is 3. The molecule has 0 aliphatic carbocycles. The number of likely N-dealkylation sites (tertiary alicyclic amines) is 1. The van der Waals surface area contributed by atoms with Crippen LogP contribution in [0.4, 0.5) is 0 Å². The maximum Gasteiger partial charge on any atom is 0.267 e. The zero-order valence-corrected chi connectivity index (χ0v) is 19.7. The van der Waals surface area contributed by atoms with E-state index in [0.717, 1.165) is 15.6 Å². The molecule has 0 unspecified atom stereocenters. The lowest BCUT2D eigenvalue weighted by molar-refractivity contribution is -0.165. The summed E-state index contributed by atoms with van der Waals surface area (Å²) >= 11 is 3.50. The Kier molecular flexibility index (Phi) is 6.55. The monoisotopic (exact) mass is 497 g/mol. The fourth-order valence-electron chi connectivity index (χ4n) is 3.90. The Morgan fingerprint density at radius 2 is 1.47 bits per heavy atom. The third-order valence-corrected chi connectivity index (χ3v) is 6.14. The number of hydrogen-bond acceptors (Lipinski definition) is 5. The maximum absolute atomic E-state index is 13.3. The fraction of sp³-hybridized carbons (Fsp3) is 0.240. The van der Waals surface area contributed by atoms with Crippen LogP contribution in [0.25, 0.3) is 0 Å². The van der Waals surface area contributed by atoms with Crippen molar-refractivity contribution in [1.29, 1.82) is 0 Å². The zero-order chi connectivity index (χ0) is 22.7. The predicted molar refractivity (Wildman–Crippen MR) is 124 cm³/mol. The van der Waals surface area contributed by atoms with Crippen molar-refractivity contribution in [2.45, 2.75) is 18.7 Å². The van der Waals surface area contributed by atoms with Gasteiger partial charge in [0.25, 0.3) is 5.91 Å². The Balaban J connectivity index is 1.77. The molecule has 0 N–H and O–H groups in total. The third-order valence-electron chi connectivity index (χ3n) is 5.48. The molecule has 0 spiro atoms. The van der Waals surface area contributed by atoms with Gasteiger partial charge in [0, 0.05) is 18.7 Å². The number of para-hydroxylation sites is 1. The van der Waals surface area contributed by atoms with E-state index >= 15 is 0 Å². The molecular formula is C25H24BrNO5. The van der Waals surface area contributed by atoms with Crippen LogP contribution in [0.3, 0.4) is 0 Å². The highest BCUT2D eigenvalue weighted by atomic mass is 79.9. The quantitative estimate of drug-likeness (QED) is 0.409. The first-order valence-corrected chi connectivity index (χ1v) is 10.9. The molecule has 6 nitrogen and oxygen atoms in total. The van der Waals surface area contributed by atoms with Gasteiger partial charge in [-0.2, -0.15) is 0 Å². The van der Waals surface area contributed by atoms with Crippen LogP contribution in [0.15, 0.2) is 71.2 Å². The molecule has 2 atom stereocenters. The first-order valence-electron chi connectivity index (χ1n) is 10.1. The zero-order valence-electron chi connectivity index (χ0n) is 18.1. The van der Waals surface area contributed by atoms with Crippen molar-refractivity contribution in [2.24, 2.45) is 0 Å².